The second kappa shape index (κ2) is 5.54. The first-order chi connectivity index (χ1) is 10.3. The number of rotatable bonds is 3. The fraction of sp³-hybridized carbons (Fsp3) is 0.688. The second-order valence-corrected chi connectivity index (χ2v) is 6.25. The molecule has 21 heavy (non-hydrogen) atoms. The Hall–Kier alpha value is -1.20. The van der Waals surface area contributed by atoms with Crippen molar-refractivity contribution in [1.29, 1.82) is 0 Å². The molecule has 0 spiro atoms. The molecule has 1 saturated heterocycles. The molecule has 0 N–H and O–H groups in total. The third-order valence-electron chi connectivity index (χ3n) is 5.12. The Morgan fingerprint density at radius 2 is 2.19 bits per heavy atom. The highest BCUT2D eigenvalue weighted by Crippen LogP contribution is 2.37. The average molecular weight is 292 g/mol. The minimum absolute atomic E-state index is 0.0708. The summed E-state index contributed by atoms with van der Waals surface area (Å²) in [6.07, 6.45) is 7.46. The zero-order chi connectivity index (χ0) is 14.2. The number of ether oxygens (including phenoxy) is 2. The van der Waals surface area contributed by atoms with Crippen LogP contribution in [0.25, 0.3) is 0 Å². The summed E-state index contributed by atoms with van der Waals surface area (Å²) in [6, 6.07) is 3.98. The lowest BCUT2D eigenvalue weighted by Gasteiger charge is -2.42. The highest BCUT2D eigenvalue weighted by Gasteiger charge is 2.46. The van der Waals surface area contributed by atoms with Crippen molar-refractivity contribution in [1.82, 2.24) is 9.88 Å². The van der Waals surface area contributed by atoms with Gasteiger partial charge in [-0.2, -0.15) is 0 Å². The van der Waals surface area contributed by atoms with Gasteiger partial charge >= 0.3 is 0 Å². The van der Waals surface area contributed by atoms with Crippen molar-refractivity contribution in [2.24, 2.45) is 0 Å². The SMILES string of the molecule is Fc1cccnc1O[C@@H]1[C@H]2CC[C@H]1OCCN2C1CCC1. The monoisotopic (exact) mass is 292 g/mol. The molecule has 1 aliphatic heterocycles. The summed E-state index contributed by atoms with van der Waals surface area (Å²) < 4.78 is 25.7. The number of pyridine rings is 1. The molecule has 0 amide bonds. The van der Waals surface area contributed by atoms with E-state index in [1.807, 2.05) is 0 Å². The molecule has 1 aromatic heterocycles. The lowest BCUT2D eigenvalue weighted by Crippen LogP contribution is -2.51. The molecule has 0 unspecified atom stereocenters. The van der Waals surface area contributed by atoms with Crippen molar-refractivity contribution in [3.05, 3.63) is 24.1 Å². The van der Waals surface area contributed by atoms with Gasteiger partial charge in [0, 0.05) is 24.8 Å². The zero-order valence-corrected chi connectivity index (χ0v) is 12.1. The molecule has 2 aliphatic carbocycles. The van der Waals surface area contributed by atoms with Gasteiger partial charge in [0.25, 0.3) is 5.88 Å². The number of hydrogen-bond donors (Lipinski definition) is 0. The molecule has 3 aliphatic rings. The van der Waals surface area contributed by atoms with Crippen molar-refractivity contribution in [2.75, 3.05) is 13.2 Å². The van der Waals surface area contributed by atoms with E-state index >= 15 is 0 Å². The Bertz CT molecular complexity index is 509. The molecule has 4 nitrogen and oxygen atoms in total. The number of hydrogen-bond acceptors (Lipinski definition) is 4. The van der Waals surface area contributed by atoms with Crippen LogP contribution in [0.5, 0.6) is 5.88 Å². The van der Waals surface area contributed by atoms with E-state index in [0.717, 1.165) is 26.0 Å². The largest absolute Gasteiger partial charge is 0.468 e. The van der Waals surface area contributed by atoms with Crippen LogP contribution in [0, 0.1) is 5.82 Å². The van der Waals surface area contributed by atoms with Crippen molar-refractivity contribution >= 4 is 0 Å². The van der Waals surface area contributed by atoms with Crippen molar-refractivity contribution in [3.63, 3.8) is 0 Å². The summed E-state index contributed by atoms with van der Waals surface area (Å²) in [5.41, 5.74) is 0. The quantitative estimate of drug-likeness (QED) is 0.857. The molecule has 1 aromatic rings. The highest BCUT2D eigenvalue weighted by molar-refractivity contribution is 5.15. The Kier molecular flexibility index (Phi) is 3.55. The van der Waals surface area contributed by atoms with Crippen LogP contribution < -0.4 is 4.74 Å². The van der Waals surface area contributed by atoms with Gasteiger partial charge in [0.05, 0.1) is 12.7 Å². The van der Waals surface area contributed by atoms with Crippen LogP contribution in [0.2, 0.25) is 0 Å². The van der Waals surface area contributed by atoms with Gasteiger partial charge in [-0.1, -0.05) is 6.42 Å². The summed E-state index contributed by atoms with van der Waals surface area (Å²) in [5.74, 6) is -0.283. The van der Waals surface area contributed by atoms with Gasteiger partial charge in [-0.3, -0.25) is 4.90 Å². The summed E-state index contributed by atoms with van der Waals surface area (Å²) in [4.78, 5) is 6.58. The number of fused-ring (bicyclic) bond motifs is 2. The number of aromatic nitrogens is 1. The van der Waals surface area contributed by atoms with Gasteiger partial charge in [-0.05, 0) is 37.8 Å². The van der Waals surface area contributed by atoms with Gasteiger partial charge in [-0.15, -0.1) is 0 Å². The molecule has 4 rings (SSSR count). The standard InChI is InChI=1S/C16H21FN2O2/c17-12-5-2-8-18-16(12)21-15-13-6-7-14(15)20-10-9-19(13)11-3-1-4-11/h2,5,8,11,13-15H,1,3-4,6-7,9-10H2/t13-,14-,15-/m1/s1. The first-order valence-corrected chi connectivity index (χ1v) is 7.97. The van der Waals surface area contributed by atoms with E-state index in [4.69, 9.17) is 9.47 Å². The number of nitrogens with zero attached hydrogens (tertiary/aromatic N) is 2. The Balaban J connectivity index is 1.56. The van der Waals surface area contributed by atoms with Gasteiger partial charge in [0.2, 0.25) is 0 Å². The molecular weight excluding hydrogens is 271 g/mol. The Labute approximate surface area is 124 Å². The van der Waals surface area contributed by atoms with Crippen LogP contribution >= 0.6 is 0 Å². The third kappa shape index (κ3) is 2.42. The normalized spacial score (nSPS) is 33.5. The van der Waals surface area contributed by atoms with Crippen LogP contribution in [-0.2, 0) is 4.74 Å². The number of halogens is 1. The molecule has 5 heteroatoms. The van der Waals surface area contributed by atoms with E-state index in [9.17, 15) is 4.39 Å². The van der Waals surface area contributed by atoms with E-state index in [1.54, 1.807) is 12.3 Å². The summed E-state index contributed by atoms with van der Waals surface area (Å²) in [5, 5.41) is 0. The highest BCUT2D eigenvalue weighted by atomic mass is 19.1. The first-order valence-electron chi connectivity index (χ1n) is 7.97. The van der Waals surface area contributed by atoms with E-state index in [1.165, 1.54) is 25.3 Å². The minimum Gasteiger partial charge on any atom is -0.468 e. The van der Waals surface area contributed by atoms with E-state index in [-0.39, 0.29) is 18.1 Å². The van der Waals surface area contributed by atoms with Crippen LogP contribution in [0.1, 0.15) is 32.1 Å². The molecule has 2 bridgehead atoms. The molecule has 0 aromatic carbocycles. The van der Waals surface area contributed by atoms with Crippen LogP contribution in [0.4, 0.5) is 4.39 Å². The predicted octanol–water partition coefficient (Wildman–Crippen LogP) is 2.38. The lowest BCUT2D eigenvalue weighted by molar-refractivity contribution is -0.00127. The van der Waals surface area contributed by atoms with Crippen LogP contribution in [-0.4, -0.2) is 47.3 Å². The maximum atomic E-state index is 13.8. The van der Waals surface area contributed by atoms with Gasteiger partial charge in [0.1, 0.15) is 6.10 Å². The molecule has 0 radical (unpaired) electrons. The second-order valence-electron chi connectivity index (χ2n) is 6.25. The average Bonchev–Trinajstić information content (AvgIpc) is 2.71. The van der Waals surface area contributed by atoms with Gasteiger partial charge < -0.3 is 9.47 Å². The van der Waals surface area contributed by atoms with E-state index in [2.05, 4.69) is 9.88 Å². The molecule has 114 valence electrons. The summed E-state index contributed by atoms with van der Waals surface area (Å²) >= 11 is 0. The van der Waals surface area contributed by atoms with E-state index < -0.39 is 5.82 Å². The van der Waals surface area contributed by atoms with Crippen LogP contribution in [0.15, 0.2) is 18.3 Å². The Morgan fingerprint density at radius 3 is 2.95 bits per heavy atom. The predicted molar refractivity (Wildman–Crippen MR) is 75.7 cm³/mol. The van der Waals surface area contributed by atoms with Crippen molar-refractivity contribution in [3.8, 4) is 5.88 Å². The van der Waals surface area contributed by atoms with Gasteiger partial charge in [-0.25, -0.2) is 9.37 Å². The lowest BCUT2D eigenvalue weighted by atomic mass is 9.90. The topological polar surface area (TPSA) is 34.6 Å². The first kappa shape index (κ1) is 13.5. The molecule has 3 atom stereocenters. The summed E-state index contributed by atoms with van der Waals surface area (Å²) in [7, 11) is 0. The van der Waals surface area contributed by atoms with E-state index in [0.29, 0.717) is 12.1 Å². The maximum absolute atomic E-state index is 13.8. The van der Waals surface area contributed by atoms with Crippen molar-refractivity contribution < 1.29 is 13.9 Å². The van der Waals surface area contributed by atoms with Crippen LogP contribution in [0.3, 0.4) is 0 Å². The fourth-order valence-corrected chi connectivity index (χ4v) is 3.83. The third-order valence-corrected chi connectivity index (χ3v) is 5.12. The molecular formula is C16H21FN2O2. The fourth-order valence-electron chi connectivity index (χ4n) is 3.83. The van der Waals surface area contributed by atoms with Gasteiger partial charge in [0.15, 0.2) is 5.82 Å². The minimum atomic E-state index is -0.392. The molecule has 3 fully saturated rings. The zero-order valence-electron chi connectivity index (χ0n) is 12.1. The Morgan fingerprint density at radius 1 is 1.29 bits per heavy atom. The summed E-state index contributed by atoms with van der Waals surface area (Å²) in [6.45, 7) is 1.72. The molecule has 2 saturated carbocycles. The smallest absolute Gasteiger partial charge is 0.250 e. The molecule has 2 heterocycles. The maximum Gasteiger partial charge on any atom is 0.250 e. The van der Waals surface area contributed by atoms with Crippen molar-refractivity contribution in [2.45, 2.75) is 56.4 Å².